The lowest BCUT2D eigenvalue weighted by Crippen LogP contribution is -2.55. The van der Waals surface area contributed by atoms with Crippen molar-refractivity contribution >= 4 is 28.4 Å². The van der Waals surface area contributed by atoms with E-state index in [-0.39, 0.29) is 12.1 Å². The first-order chi connectivity index (χ1) is 14.1. The molecule has 29 heavy (non-hydrogen) atoms. The molecule has 0 spiro atoms. The highest BCUT2D eigenvalue weighted by Crippen LogP contribution is 2.32. The van der Waals surface area contributed by atoms with Gasteiger partial charge in [-0.3, -0.25) is 4.90 Å². The van der Waals surface area contributed by atoms with Crippen LogP contribution in [-0.4, -0.2) is 53.6 Å². The Bertz CT molecular complexity index is 1040. The first-order valence-electron chi connectivity index (χ1n) is 10.4. The molecule has 0 unspecified atom stereocenters. The first kappa shape index (κ1) is 18.0. The molecule has 150 valence electrons. The number of nitrogens with zero attached hydrogens (tertiary/aromatic N) is 4. The minimum absolute atomic E-state index is 0.141. The van der Waals surface area contributed by atoms with Gasteiger partial charge in [-0.05, 0) is 42.5 Å². The van der Waals surface area contributed by atoms with E-state index in [1.807, 2.05) is 28.3 Å². The topological polar surface area (TPSA) is 55.5 Å². The molecule has 0 aliphatic carbocycles. The van der Waals surface area contributed by atoms with Gasteiger partial charge in [0.05, 0.1) is 0 Å². The molecule has 1 aromatic carbocycles. The van der Waals surface area contributed by atoms with Crippen LogP contribution in [0.5, 0.6) is 0 Å². The number of fused-ring (bicyclic) bond motifs is 2. The Labute approximate surface area is 171 Å². The van der Waals surface area contributed by atoms with Crippen molar-refractivity contribution < 1.29 is 4.79 Å². The van der Waals surface area contributed by atoms with Gasteiger partial charge in [-0.25, -0.2) is 9.78 Å². The van der Waals surface area contributed by atoms with Gasteiger partial charge in [0.15, 0.2) is 0 Å². The van der Waals surface area contributed by atoms with Crippen LogP contribution in [0.15, 0.2) is 48.8 Å². The van der Waals surface area contributed by atoms with Crippen LogP contribution in [0, 0.1) is 5.92 Å². The van der Waals surface area contributed by atoms with E-state index in [0.29, 0.717) is 5.92 Å². The molecule has 6 nitrogen and oxygen atoms in total. The van der Waals surface area contributed by atoms with Crippen LogP contribution in [0.1, 0.15) is 18.9 Å². The summed E-state index contributed by atoms with van der Waals surface area (Å²) >= 11 is 0. The van der Waals surface area contributed by atoms with Crippen LogP contribution in [0.25, 0.3) is 11.0 Å². The van der Waals surface area contributed by atoms with Gasteiger partial charge in [-0.2, -0.15) is 0 Å². The van der Waals surface area contributed by atoms with Gasteiger partial charge in [0.2, 0.25) is 0 Å². The maximum atomic E-state index is 13.4. The summed E-state index contributed by atoms with van der Waals surface area (Å²) in [6, 6.07) is 12.8. The van der Waals surface area contributed by atoms with Crippen LogP contribution in [-0.2, 0) is 6.42 Å². The van der Waals surface area contributed by atoms with Crippen LogP contribution in [0.3, 0.4) is 0 Å². The molecule has 2 aliphatic rings. The number of rotatable bonds is 2. The van der Waals surface area contributed by atoms with Gasteiger partial charge in [0.25, 0.3) is 0 Å². The number of piperidine rings is 1. The monoisotopic (exact) mass is 389 g/mol. The Morgan fingerprint density at radius 1 is 1.21 bits per heavy atom. The molecule has 4 heterocycles. The summed E-state index contributed by atoms with van der Waals surface area (Å²) in [5.74, 6) is 0.511. The van der Waals surface area contributed by atoms with Gasteiger partial charge >= 0.3 is 6.03 Å². The number of benzene rings is 1. The molecule has 2 aliphatic heterocycles. The Kier molecular flexibility index (Phi) is 4.42. The van der Waals surface area contributed by atoms with Gasteiger partial charge in [-0.15, -0.1) is 0 Å². The smallest absolute Gasteiger partial charge is 0.324 e. The number of likely N-dealkylation sites (N-methyl/N-ethyl adjacent to an activating group) is 1. The quantitative estimate of drug-likeness (QED) is 0.723. The van der Waals surface area contributed by atoms with Gasteiger partial charge < -0.3 is 14.8 Å². The number of hydrogen-bond donors (Lipinski definition) is 1. The zero-order chi connectivity index (χ0) is 20.0. The minimum Gasteiger partial charge on any atom is -0.369 e. The first-order valence-corrected chi connectivity index (χ1v) is 10.4. The zero-order valence-corrected chi connectivity index (χ0v) is 17.0. The fourth-order valence-corrected chi connectivity index (χ4v) is 4.87. The van der Waals surface area contributed by atoms with Crippen molar-refractivity contribution in [3.63, 3.8) is 0 Å². The number of aromatic nitrogens is 2. The standard InChI is InChI=1S/C23H27N5O/c1-16-9-13-27(23(29)28-14-10-17-5-3-4-6-19(17)28)15-21(16)26(2)20-8-12-25-22-18(20)7-11-24-22/h3-8,11-12,16,21H,9-10,13-15H2,1-2H3,(H,24,25)/t16-,21+/m1/s1. The van der Waals surface area contributed by atoms with Crippen LogP contribution < -0.4 is 9.80 Å². The molecule has 0 saturated carbocycles. The zero-order valence-electron chi connectivity index (χ0n) is 17.0. The Hall–Kier alpha value is -3.02. The summed E-state index contributed by atoms with van der Waals surface area (Å²) in [4.78, 5) is 27.3. The van der Waals surface area contributed by atoms with Crippen molar-refractivity contribution in [2.24, 2.45) is 5.92 Å². The molecular weight excluding hydrogens is 362 g/mol. The second-order valence-electron chi connectivity index (χ2n) is 8.27. The van der Waals surface area contributed by atoms with E-state index in [4.69, 9.17) is 0 Å². The van der Waals surface area contributed by atoms with Crippen molar-refractivity contribution in [3.05, 3.63) is 54.4 Å². The van der Waals surface area contributed by atoms with Crippen molar-refractivity contribution in [3.8, 4) is 0 Å². The van der Waals surface area contributed by atoms with Gasteiger partial charge in [0, 0.05) is 61.9 Å². The summed E-state index contributed by atoms with van der Waals surface area (Å²) in [7, 11) is 2.14. The van der Waals surface area contributed by atoms with E-state index in [9.17, 15) is 4.79 Å². The molecule has 1 N–H and O–H groups in total. The van der Waals surface area contributed by atoms with E-state index in [0.717, 1.165) is 54.9 Å². The number of pyridine rings is 1. The summed E-state index contributed by atoms with van der Waals surface area (Å²) in [5, 5.41) is 1.12. The fraction of sp³-hybridized carbons (Fsp3) is 0.391. The highest BCUT2D eigenvalue weighted by molar-refractivity contribution is 5.94. The molecule has 1 fully saturated rings. The molecular formula is C23H27N5O. The third kappa shape index (κ3) is 3.03. The second kappa shape index (κ2) is 7.10. The Balaban J connectivity index is 1.38. The number of carbonyl (C=O) groups excluding carboxylic acids is 1. The highest BCUT2D eigenvalue weighted by atomic mass is 16.2. The molecule has 0 bridgehead atoms. The molecule has 3 aromatic rings. The van der Waals surface area contributed by atoms with Crippen molar-refractivity contribution in [2.75, 3.05) is 36.5 Å². The third-order valence-corrected chi connectivity index (χ3v) is 6.62. The van der Waals surface area contributed by atoms with Gasteiger partial charge in [0.1, 0.15) is 5.65 Å². The Morgan fingerprint density at radius 2 is 2.07 bits per heavy atom. The van der Waals surface area contributed by atoms with Crippen molar-refractivity contribution in [1.29, 1.82) is 0 Å². The highest BCUT2D eigenvalue weighted by Gasteiger charge is 2.35. The largest absolute Gasteiger partial charge is 0.369 e. The average Bonchev–Trinajstić information content (AvgIpc) is 3.40. The molecule has 6 heteroatoms. The molecule has 2 aromatic heterocycles. The number of likely N-dealkylation sites (tertiary alicyclic amines) is 1. The lowest BCUT2D eigenvalue weighted by Gasteiger charge is -2.43. The number of carbonyl (C=O) groups is 1. The number of para-hydroxylation sites is 1. The molecule has 5 rings (SSSR count). The fourth-order valence-electron chi connectivity index (χ4n) is 4.87. The summed E-state index contributed by atoms with van der Waals surface area (Å²) in [5.41, 5.74) is 4.41. The van der Waals surface area contributed by atoms with E-state index in [2.05, 4.69) is 59.2 Å². The predicted molar refractivity (Wildman–Crippen MR) is 117 cm³/mol. The molecule has 2 amide bonds. The number of urea groups is 1. The minimum atomic E-state index is 0.141. The molecule has 2 atom stereocenters. The molecule has 1 saturated heterocycles. The number of H-pyrrole nitrogens is 1. The number of anilines is 2. The van der Waals surface area contributed by atoms with Crippen LogP contribution >= 0.6 is 0 Å². The van der Waals surface area contributed by atoms with Crippen molar-refractivity contribution in [1.82, 2.24) is 14.9 Å². The third-order valence-electron chi connectivity index (χ3n) is 6.62. The van der Waals surface area contributed by atoms with Crippen LogP contribution in [0.4, 0.5) is 16.2 Å². The lowest BCUT2D eigenvalue weighted by molar-refractivity contribution is 0.167. The number of nitrogens with one attached hydrogen (secondary N) is 1. The lowest BCUT2D eigenvalue weighted by atomic mass is 9.92. The number of amides is 2. The number of aromatic amines is 1. The maximum Gasteiger partial charge on any atom is 0.324 e. The summed E-state index contributed by atoms with van der Waals surface area (Å²) in [6.45, 7) is 4.63. The van der Waals surface area contributed by atoms with E-state index in [1.54, 1.807) is 0 Å². The average molecular weight is 390 g/mol. The SMILES string of the molecule is C[C@@H]1CCN(C(=O)N2CCc3ccccc32)C[C@@H]1N(C)c1ccnc2[nH]ccc12. The van der Waals surface area contributed by atoms with Crippen molar-refractivity contribution in [2.45, 2.75) is 25.8 Å². The van der Waals surface area contributed by atoms with E-state index < -0.39 is 0 Å². The molecule has 0 radical (unpaired) electrons. The van der Waals surface area contributed by atoms with E-state index >= 15 is 0 Å². The number of hydrogen-bond acceptors (Lipinski definition) is 3. The second-order valence-corrected chi connectivity index (χ2v) is 8.27. The Morgan fingerprint density at radius 3 is 2.97 bits per heavy atom. The van der Waals surface area contributed by atoms with Crippen LogP contribution in [0.2, 0.25) is 0 Å². The summed E-state index contributed by atoms with van der Waals surface area (Å²) in [6.07, 6.45) is 5.73. The normalized spacial score (nSPS) is 21.4. The van der Waals surface area contributed by atoms with Gasteiger partial charge in [-0.1, -0.05) is 25.1 Å². The summed E-state index contributed by atoms with van der Waals surface area (Å²) < 4.78 is 0. The maximum absolute atomic E-state index is 13.4. The predicted octanol–water partition coefficient (Wildman–Crippen LogP) is 3.89. The van der Waals surface area contributed by atoms with E-state index in [1.165, 1.54) is 5.56 Å².